The number of aromatic nitrogens is 1. The standard InChI is InChI=1S/C6H7F3N2S.ClH/c1-3-2-11-5(12-3)4(10)6(7,8)9;/h2,4H,10H2,1H3;1H. The van der Waals surface area contributed by atoms with Gasteiger partial charge >= 0.3 is 6.18 Å². The molecule has 1 aromatic heterocycles. The van der Waals surface area contributed by atoms with Crippen LogP contribution in [0.4, 0.5) is 13.2 Å². The predicted molar refractivity (Wildman–Crippen MR) is 47.1 cm³/mol. The molecule has 0 amide bonds. The fourth-order valence-corrected chi connectivity index (χ4v) is 1.46. The molecule has 1 aromatic rings. The monoisotopic (exact) mass is 232 g/mol. The van der Waals surface area contributed by atoms with Gasteiger partial charge < -0.3 is 5.73 Å². The second kappa shape index (κ2) is 4.26. The van der Waals surface area contributed by atoms with Crippen LogP contribution < -0.4 is 5.73 Å². The van der Waals surface area contributed by atoms with Gasteiger partial charge in [-0.3, -0.25) is 0 Å². The van der Waals surface area contributed by atoms with Crippen molar-refractivity contribution in [3.05, 3.63) is 16.1 Å². The smallest absolute Gasteiger partial charge is 0.314 e. The van der Waals surface area contributed by atoms with Gasteiger partial charge in [0, 0.05) is 11.1 Å². The van der Waals surface area contributed by atoms with Gasteiger partial charge in [0.25, 0.3) is 0 Å². The summed E-state index contributed by atoms with van der Waals surface area (Å²) in [5.41, 5.74) is 4.91. The molecular weight excluding hydrogens is 225 g/mol. The second-order valence-electron chi connectivity index (χ2n) is 2.33. The lowest BCUT2D eigenvalue weighted by Gasteiger charge is -2.11. The van der Waals surface area contributed by atoms with Crippen LogP contribution in [0.15, 0.2) is 6.20 Å². The molecule has 0 saturated heterocycles. The molecule has 0 spiro atoms. The van der Waals surface area contributed by atoms with Crippen LogP contribution in [0.25, 0.3) is 0 Å². The van der Waals surface area contributed by atoms with E-state index in [0.717, 1.165) is 16.2 Å². The Bertz CT molecular complexity index is 273. The van der Waals surface area contributed by atoms with Crippen LogP contribution in [-0.4, -0.2) is 11.2 Å². The SMILES string of the molecule is Cc1cnc(C(N)C(F)(F)F)s1.Cl. The number of halogens is 4. The molecule has 1 rings (SSSR count). The lowest BCUT2D eigenvalue weighted by atomic mass is 10.3. The second-order valence-corrected chi connectivity index (χ2v) is 3.59. The molecule has 0 fully saturated rings. The summed E-state index contributed by atoms with van der Waals surface area (Å²) in [4.78, 5) is 4.28. The average Bonchev–Trinajstić information content (AvgIpc) is 2.32. The highest BCUT2D eigenvalue weighted by Gasteiger charge is 2.39. The summed E-state index contributed by atoms with van der Waals surface area (Å²) in [6.07, 6.45) is -3.02. The van der Waals surface area contributed by atoms with Crippen molar-refractivity contribution in [1.82, 2.24) is 4.98 Å². The van der Waals surface area contributed by atoms with Gasteiger partial charge in [-0.15, -0.1) is 23.7 Å². The molecule has 76 valence electrons. The average molecular weight is 233 g/mol. The number of hydrogen-bond donors (Lipinski definition) is 1. The third-order valence-electron chi connectivity index (χ3n) is 1.26. The molecule has 7 heteroatoms. The topological polar surface area (TPSA) is 38.9 Å². The molecule has 0 aliphatic heterocycles. The van der Waals surface area contributed by atoms with Gasteiger partial charge in [0.15, 0.2) is 6.04 Å². The highest BCUT2D eigenvalue weighted by Crippen LogP contribution is 2.32. The minimum atomic E-state index is -4.40. The summed E-state index contributed by atoms with van der Waals surface area (Å²) in [6, 6.07) is -1.95. The fraction of sp³-hybridized carbons (Fsp3) is 0.500. The Morgan fingerprint density at radius 1 is 1.54 bits per heavy atom. The maximum atomic E-state index is 12.0. The van der Waals surface area contributed by atoms with Crippen molar-refractivity contribution in [3.63, 3.8) is 0 Å². The van der Waals surface area contributed by atoms with E-state index in [4.69, 9.17) is 5.73 Å². The maximum Gasteiger partial charge on any atom is 0.410 e. The van der Waals surface area contributed by atoms with Crippen molar-refractivity contribution in [2.75, 3.05) is 0 Å². The first-order valence-corrected chi connectivity index (χ1v) is 3.97. The third-order valence-corrected chi connectivity index (χ3v) is 2.25. The van der Waals surface area contributed by atoms with Crippen molar-refractivity contribution >= 4 is 23.7 Å². The van der Waals surface area contributed by atoms with Crippen LogP contribution in [-0.2, 0) is 0 Å². The zero-order valence-corrected chi connectivity index (χ0v) is 8.26. The summed E-state index contributed by atoms with van der Waals surface area (Å²) in [5, 5.41) is -0.0833. The number of thiazole rings is 1. The number of nitrogens with two attached hydrogens (primary N) is 1. The molecule has 2 N–H and O–H groups in total. The Balaban J connectivity index is 0.00000144. The third kappa shape index (κ3) is 3.13. The van der Waals surface area contributed by atoms with Crippen LogP contribution in [0.5, 0.6) is 0 Å². The van der Waals surface area contributed by atoms with E-state index in [-0.39, 0.29) is 17.4 Å². The van der Waals surface area contributed by atoms with E-state index in [9.17, 15) is 13.2 Å². The minimum Gasteiger partial charge on any atom is -0.314 e. The fourth-order valence-electron chi connectivity index (χ4n) is 0.656. The van der Waals surface area contributed by atoms with E-state index in [1.54, 1.807) is 6.92 Å². The zero-order valence-electron chi connectivity index (χ0n) is 6.63. The van der Waals surface area contributed by atoms with Crippen LogP contribution in [0.1, 0.15) is 15.9 Å². The van der Waals surface area contributed by atoms with Crippen LogP contribution in [0.2, 0.25) is 0 Å². The van der Waals surface area contributed by atoms with Crippen molar-refractivity contribution in [2.45, 2.75) is 19.1 Å². The molecule has 1 unspecified atom stereocenters. The number of hydrogen-bond acceptors (Lipinski definition) is 3. The van der Waals surface area contributed by atoms with E-state index in [0.29, 0.717) is 0 Å². The maximum absolute atomic E-state index is 12.0. The van der Waals surface area contributed by atoms with Crippen LogP contribution in [0.3, 0.4) is 0 Å². The minimum absolute atomic E-state index is 0. The van der Waals surface area contributed by atoms with Gasteiger partial charge in [0.1, 0.15) is 5.01 Å². The Morgan fingerprint density at radius 2 is 2.08 bits per heavy atom. The van der Waals surface area contributed by atoms with E-state index in [2.05, 4.69) is 4.98 Å². The summed E-state index contributed by atoms with van der Waals surface area (Å²) in [7, 11) is 0. The highest BCUT2D eigenvalue weighted by molar-refractivity contribution is 7.11. The highest BCUT2D eigenvalue weighted by atomic mass is 35.5. The Kier molecular flexibility index (Phi) is 4.15. The molecule has 0 aromatic carbocycles. The van der Waals surface area contributed by atoms with E-state index < -0.39 is 12.2 Å². The first kappa shape index (κ1) is 12.7. The first-order chi connectivity index (χ1) is 5.41. The molecule has 2 nitrogen and oxygen atoms in total. The molecule has 0 saturated carbocycles. The normalized spacial score (nSPS) is 13.6. The van der Waals surface area contributed by atoms with Crippen molar-refractivity contribution in [1.29, 1.82) is 0 Å². The number of alkyl halides is 3. The number of rotatable bonds is 1. The van der Waals surface area contributed by atoms with Gasteiger partial charge in [-0.25, -0.2) is 4.98 Å². The zero-order chi connectivity index (χ0) is 9.35. The first-order valence-electron chi connectivity index (χ1n) is 3.16. The number of aryl methyl sites for hydroxylation is 1. The summed E-state index contributed by atoms with van der Waals surface area (Å²) >= 11 is 0.967. The lowest BCUT2D eigenvalue weighted by molar-refractivity contribution is -0.149. The molecule has 1 atom stereocenters. The Labute approximate surface area is 83.4 Å². The van der Waals surface area contributed by atoms with Gasteiger partial charge in [-0.1, -0.05) is 0 Å². The van der Waals surface area contributed by atoms with Crippen LogP contribution in [0, 0.1) is 6.92 Å². The lowest BCUT2D eigenvalue weighted by Crippen LogP contribution is -2.28. The van der Waals surface area contributed by atoms with E-state index in [1.807, 2.05) is 0 Å². The predicted octanol–water partition coefficient (Wildman–Crippen LogP) is 2.44. The van der Waals surface area contributed by atoms with Gasteiger partial charge in [0.2, 0.25) is 0 Å². The summed E-state index contributed by atoms with van der Waals surface area (Å²) < 4.78 is 36.0. The molecule has 1 heterocycles. The molecule has 0 aliphatic rings. The largest absolute Gasteiger partial charge is 0.410 e. The molecule has 0 aliphatic carbocycles. The summed E-state index contributed by atoms with van der Waals surface area (Å²) in [5.74, 6) is 0. The van der Waals surface area contributed by atoms with Crippen molar-refractivity contribution in [2.24, 2.45) is 5.73 Å². The van der Waals surface area contributed by atoms with Gasteiger partial charge in [-0.2, -0.15) is 13.2 Å². The van der Waals surface area contributed by atoms with Crippen molar-refractivity contribution in [3.8, 4) is 0 Å². The quantitative estimate of drug-likeness (QED) is 0.808. The molecular formula is C6H8ClF3N2S. The Hall–Kier alpha value is -0.330. The van der Waals surface area contributed by atoms with Crippen molar-refractivity contribution < 1.29 is 13.2 Å². The number of nitrogens with zero attached hydrogens (tertiary/aromatic N) is 1. The summed E-state index contributed by atoms with van der Waals surface area (Å²) in [6.45, 7) is 1.68. The van der Waals surface area contributed by atoms with E-state index in [1.165, 1.54) is 6.20 Å². The molecule has 13 heavy (non-hydrogen) atoms. The molecule has 0 bridgehead atoms. The Morgan fingerprint density at radius 3 is 2.38 bits per heavy atom. The van der Waals surface area contributed by atoms with Gasteiger partial charge in [-0.05, 0) is 6.92 Å². The van der Waals surface area contributed by atoms with Crippen LogP contribution >= 0.6 is 23.7 Å². The van der Waals surface area contributed by atoms with Gasteiger partial charge in [0.05, 0.1) is 0 Å². The van der Waals surface area contributed by atoms with E-state index >= 15 is 0 Å². The molecule has 0 radical (unpaired) electrons.